The maximum atomic E-state index is 11.0. The Labute approximate surface area is 136 Å². The predicted molar refractivity (Wildman–Crippen MR) is 87.4 cm³/mol. The Morgan fingerprint density at radius 1 is 1.35 bits per heavy atom. The molecule has 1 atom stereocenters. The monoisotopic (exact) mass is 305 g/mol. The van der Waals surface area contributed by atoms with E-state index in [2.05, 4.69) is 16.3 Å². The van der Waals surface area contributed by atoms with Crippen LogP contribution in [-0.4, -0.2) is 38.3 Å². The van der Waals surface area contributed by atoms with Gasteiger partial charge in [-0.3, -0.25) is 9.69 Å². The number of nitrogens with zero attached hydrogens (tertiary/aromatic N) is 2. The van der Waals surface area contributed by atoms with E-state index in [9.17, 15) is 10.1 Å². The Kier molecular flexibility index (Phi) is 4.49. The molecule has 0 amide bonds. The van der Waals surface area contributed by atoms with Gasteiger partial charge in [0.2, 0.25) is 0 Å². The van der Waals surface area contributed by atoms with Crippen LogP contribution in [0.25, 0.3) is 0 Å². The second kappa shape index (κ2) is 6.72. The van der Waals surface area contributed by atoms with Crippen LogP contribution in [0.4, 0.5) is 0 Å². The first-order chi connectivity index (χ1) is 11.2. The lowest BCUT2D eigenvalue weighted by Gasteiger charge is -2.31. The summed E-state index contributed by atoms with van der Waals surface area (Å²) in [5, 5.41) is 12.5. The van der Waals surface area contributed by atoms with E-state index in [0.29, 0.717) is 34.5 Å². The van der Waals surface area contributed by atoms with Gasteiger partial charge >= 0.3 is 0 Å². The van der Waals surface area contributed by atoms with Crippen molar-refractivity contribution < 1.29 is 9.53 Å². The van der Waals surface area contributed by atoms with Crippen molar-refractivity contribution in [2.24, 2.45) is 0 Å². The Morgan fingerprint density at radius 2 is 2.13 bits per heavy atom. The molecule has 1 fully saturated rings. The van der Waals surface area contributed by atoms with Gasteiger partial charge in [0.1, 0.15) is 26.0 Å². The molecule has 2 aliphatic heterocycles. The van der Waals surface area contributed by atoms with Crippen LogP contribution in [0.2, 0.25) is 0 Å². The Bertz CT molecular complexity index is 715. The number of nitriles is 1. The number of likely N-dealkylation sites (tertiary alicyclic amines) is 1. The molecule has 2 aliphatic rings. The molecule has 0 bridgehead atoms. The minimum absolute atomic E-state index is 0.165. The van der Waals surface area contributed by atoms with E-state index in [1.54, 1.807) is 30.4 Å². The molecule has 2 radical (unpaired) electrons. The normalized spacial score (nSPS) is 20.9. The van der Waals surface area contributed by atoms with Gasteiger partial charge in [-0.05, 0) is 37.1 Å². The predicted octanol–water partition coefficient (Wildman–Crippen LogP) is 0.988. The highest BCUT2D eigenvalue weighted by molar-refractivity contribution is 6.35. The highest BCUT2D eigenvalue weighted by atomic mass is 16.5. The molecule has 0 aliphatic carbocycles. The maximum absolute atomic E-state index is 11.0. The lowest BCUT2D eigenvalue weighted by atomic mass is 9.91. The number of carbonyl (C=O) groups excluding carboxylic acids is 1. The smallest absolute Gasteiger partial charge is 0.194 e. The van der Waals surface area contributed by atoms with Crippen molar-refractivity contribution in [2.75, 3.05) is 13.1 Å². The summed E-state index contributed by atoms with van der Waals surface area (Å²) in [6, 6.07) is 7.17. The molecular weight excluding hydrogens is 289 g/mol. The minimum atomic E-state index is -0.165. The lowest BCUT2D eigenvalue weighted by Crippen LogP contribution is -2.47. The molecule has 1 aromatic carbocycles. The Morgan fingerprint density at radius 3 is 2.83 bits per heavy atom. The average molecular weight is 305 g/mol. The Hall–Kier alpha value is -2.52. The van der Waals surface area contributed by atoms with E-state index in [1.165, 1.54) is 0 Å². The number of allylic oxidation sites excluding steroid dienone is 2. The number of dihydropyridines is 1. The first kappa shape index (κ1) is 15.4. The van der Waals surface area contributed by atoms with Crippen molar-refractivity contribution in [3.8, 4) is 11.8 Å². The summed E-state index contributed by atoms with van der Waals surface area (Å²) in [6.45, 7) is 1.92. The summed E-state index contributed by atoms with van der Waals surface area (Å²) in [4.78, 5) is 13.2. The van der Waals surface area contributed by atoms with Gasteiger partial charge in [0.05, 0.1) is 11.6 Å². The first-order valence-electron chi connectivity index (χ1n) is 7.56. The average Bonchev–Trinajstić information content (AvgIpc) is 3.11. The zero-order chi connectivity index (χ0) is 16.2. The van der Waals surface area contributed by atoms with Gasteiger partial charge in [-0.25, -0.2) is 0 Å². The third-order valence-electron chi connectivity index (χ3n) is 4.04. The minimum Gasteiger partial charge on any atom is -0.441 e. The number of hydrogen-bond donors (Lipinski definition) is 1. The number of hydrogen-bond acceptors (Lipinski definition) is 5. The van der Waals surface area contributed by atoms with Gasteiger partial charge in [-0.2, -0.15) is 5.26 Å². The number of ether oxygens (including phenoxy) is 1. The molecule has 3 rings (SSSR count). The SMILES string of the molecule is [B]c1ccc(OC2=CC=C(C#N)C(N3CCCC3)N2)cc1C=O. The lowest BCUT2D eigenvalue weighted by molar-refractivity contribution is 0.112. The highest BCUT2D eigenvalue weighted by Crippen LogP contribution is 2.21. The van der Waals surface area contributed by atoms with Gasteiger partial charge in [0.15, 0.2) is 5.88 Å². The van der Waals surface area contributed by atoms with Crippen LogP contribution in [0, 0.1) is 11.3 Å². The number of carbonyl (C=O) groups is 1. The van der Waals surface area contributed by atoms with Crippen molar-refractivity contribution in [2.45, 2.75) is 19.0 Å². The quantitative estimate of drug-likeness (QED) is 0.664. The molecule has 0 spiro atoms. The zero-order valence-corrected chi connectivity index (χ0v) is 12.7. The first-order valence-corrected chi connectivity index (χ1v) is 7.56. The maximum Gasteiger partial charge on any atom is 0.194 e. The van der Waals surface area contributed by atoms with Crippen molar-refractivity contribution in [3.63, 3.8) is 0 Å². The number of nitrogens with one attached hydrogen (secondary N) is 1. The van der Waals surface area contributed by atoms with Crippen molar-refractivity contribution in [1.29, 1.82) is 5.26 Å². The summed E-state index contributed by atoms with van der Waals surface area (Å²) in [5.41, 5.74) is 1.48. The molecule has 5 nitrogen and oxygen atoms in total. The molecule has 1 aromatic rings. The third-order valence-corrected chi connectivity index (χ3v) is 4.04. The second-order valence-electron chi connectivity index (χ2n) is 5.57. The van der Waals surface area contributed by atoms with Crippen molar-refractivity contribution >= 4 is 19.6 Å². The van der Waals surface area contributed by atoms with Gasteiger partial charge in [0, 0.05) is 18.7 Å². The van der Waals surface area contributed by atoms with Gasteiger partial charge in [-0.15, -0.1) is 0 Å². The number of aldehydes is 1. The van der Waals surface area contributed by atoms with E-state index >= 15 is 0 Å². The van der Waals surface area contributed by atoms with Crippen LogP contribution >= 0.6 is 0 Å². The molecule has 1 saturated heterocycles. The third kappa shape index (κ3) is 3.30. The summed E-state index contributed by atoms with van der Waals surface area (Å²) in [6.07, 6.45) is 6.30. The van der Waals surface area contributed by atoms with E-state index in [4.69, 9.17) is 12.6 Å². The highest BCUT2D eigenvalue weighted by Gasteiger charge is 2.28. The van der Waals surface area contributed by atoms with Crippen molar-refractivity contribution in [3.05, 3.63) is 47.4 Å². The summed E-state index contributed by atoms with van der Waals surface area (Å²) >= 11 is 0. The zero-order valence-electron chi connectivity index (χ0n) is 12.7. The van der Waals surface area contributed by atoms with Gasteiger partial charge < -0.3 is 10.1 Å². The topological polar surface area (TPSA) is 65.4 Å². The fourth-order valence-corrected chi connectivity index (χ4v) is 2.81. The van der Waals surface area contributed by atoms with Crippen molar-refractivity contribution in [1.82, 2.24) is 10.2 Å². The van der Waals surface area contributed by atoms with Crippen LogP contribution < -0.4 is 15.5 Å². The van der Waals surface area contributed by atoms with E-state index in [1.807, 2.05) is 0 Å². The van der Waals surface area contributed by atoms with Crippen LogP contribution in [0.1, 0.15) is 23.2 Å². The van der Waals surface area contributed by atoms with Crippen LogP contribution in [0.3, 0.4) is 0 Å². The molecule has 114 valence electrons. The number of rotatable bonds is 4. The molecule has 0 aromatic heterocycles. The molecule has 6 heteroatoms. The largest absolute Gasteiger partial charge is 0.441 e. The van der Waals surface area contributed by atoms with Crippen LogP contribution in [0.5, 0.6) is 5.75 Å². The number of benzene rings is 1. The molecular formula is C17H16BN3O2. The molecule has 23 heavy (non-hydrogen) atoms. The van der Waals surface area contributed by atoms with Crippen LogP contribution in [-0.2, 0) is 0 Å². The van der Waals surface area contributed by atoms with E-state index in [-0.39, 0.29) is 6.17 Å². The standard InChI is InChI=1S/C17H16BN3O2/c18-15-5-4-14(9-13(15)11-22)23-16-6-3-12(10-19)17(20-16)21-7-1-2-8-21/h3-6,9,11,17,20H,1-2,7-8H2. The fraction of sp³-hybridized carbons (Fsp3) is 0.294. The van der Waals surface area contributed by atoms with Crippen LogP contribution in [0.15, 0.2) is 41.8 Å². The summed E-state index contributed by atoms with van der Waals surface area (Å²) in [7, 11) is 5.70. The molecule has 0 saturated carbocycles. The second-order valence-corrected chi connectivity index (χ2v) is 5.57. The molecule has 1 N–H and O–H groups in total. The molecule has 2 heterocycles. The summed E-state index contributed by atoms with van der Waals surface area (Å²) in [5.74, 6) is 1.07. The summed E-state index contributed by atoms with van der Waals surface area (Å²) < 4.78 is 5.79. The van der Waals surface area contributed by atoms with Gasteiger partial charge in [0.25, 0.3) is 0 Å². The Balaban J connectivity index is 1.78. The van der Waals surface area contributed by atoms with Gasteiger partial charge in [-0.1, -0.05) is 11.5 Å². The fourth-order valence-electron chi connectivity index (χ4n) is 2.81. The van der Waals surface area contributed by atoms with E-state index < -0.39 is 0 Å². The van der Waals surface area contributed by atoms with E-state index in [0.717, 1.165) is 25.9 Å². The molecule has 1 unspecified atom stereocenters.